The molecule has 2 rings (SSSR count). The molecule has 0 radical (unpaired) electrons. The van der Waals surface area contributed by atoms with Gasteiger partial charge < -0.3 is 29.3 Å². The van der Waals surface area contributed by atoms with Crippen molar-refractivity contribution in [3.05, 3.63) is 41.3 Å². The Labute approximate surface area is 181 Å². The van der Waals surface area contributed by atoms with Crippen LogP contribution in [-0.4, -0.2) is 39.8 Å². The minimum absolute atomic E-state index is 0. The van der Waals surface area contributed by atoms with Gasteiger partial charge in [0.25, 0.3) is 0 Å². The van der Waals surface area contributed by atoms with E-state index in [2.05, 4.69) is 15.6 Å². The van der Waals surface area contributed by atoms with E-state index in [0.29, 0.717) is 41.1 Å². The van der Waals surface area contributed by atoms with Crippen LogP contribution in [0.15, 0.2) is 33.7 Å². The van der Waals surface area contributed by atoms with E-state index in [9.17, 15) is 4.79 Å². The summed E-state index contributed by atoms with van der Waals surface area (Å²) in [5.74, 6) is 2.47. The molecule has 8 nitrogen and oxygen atoms in total. The number of furan rings is 1. The summed E-state index contributed by atoms with van der Waals surface area (Å²) in [5, 5.41) is 6.36. The van der Waals surface area contributed by atoms with Crippen LogP contribution in [0.5, 0.6) is 11.5 Å². The molecule has 0 fully saturated rings. The molecule has 2 N–H and O–H groups in total. The summed E-state index contributed by atoms with van der Waals surface area (Å²) in [4.78, 5) is 16.2. The van der Waals surface area contributed by atoms with Gasteiger partial charge in [0.2, 0.25) is 0 Å². The van der Waals surface area contributed by atoms with Gasteiger partial charge in [-0.25, -0.2) is 9.79 Å². The van der Waals surface area contributed by atoms with Crippen molar-refractivity contribution in [1.29, 1.82) is 0 Å². The first-order valence-electron chi connectivity index (χ1n) is 8.47. The number of rotatable bonds is 7. The molecular formula is C19H26IN3O5. The average Bonchev–Trinajstić information content (AvgIpc) is 3.06. The fourth-order valence-electron chi connectivity index (χ4n) is 2.45. The van der Waals surface area contributed by atoms with Crippen LogP contribution >= 0.6 is 24.0 Å². The smallest absolute Gasteiger partial charge is 0.341 e. The monoisotopic (exact) mass is 503 g/mol. The van der Waals surface area contributed by atoms with Crippen LogP contribution in [0.25, 0.3) is 0 Å². The standard InChI is InChI=1S/C19H25N3O5.HI/c1-6-20-19(22-13-7-8-16(24-3)17(9-13)25-4)21-11-14-10-15(12(2)27-14)18(23)26-5;/h7-10H,6,11H2,1-5H3,(H2,20,21,22);1H. The third-order valence-corrected chi connectivity index (χ3v) is 3.76. The minimum atomic E-state index is -0.429. The summed E-state index contributed by atoms with van der Waals surface area (Å²) in [5.41, 5.74) is 1.19. The first-order chi connectivity index (χ1) is 13.0. The number of nitrogens with one attached hydrogen (secondary N) is 2. The van der Waals surface area contributed by atoms with Crippen molar-refractivity contribution < 1.29 is 23.4 Å². The summed E-state index contributed by atoms with van der Waals surface area (Å²) in [7, 11) is 4.51. The fourth-order valence-corrected chi connectivity index (χ4v) is 2.45. The van der Waals surface area contributed by atoms with Crippen molar-refractivity contribution in [2.75, 3.05) is 33.2 Å². The Hall–Kier alpha value is -2.43. The number of benzene rings is 1. The fraction of sp³-hybridized carbons (Fsp3) is 0.368. The summed E-state index contributed by atoms with van der Waals surface area (Å²) >= 11 is 0. The molecular weight excluding hydrogens is 477 g/mol. The zero-order valence-corrected chi connectivity index (χ0v) is 19.0. The number of ether oxygens (including phenoxy) is 3. The lowest BCUT2D eigenvalue weighted by molar-refractivity contribution is 0.0599. The third kappa shape index (κ3) is 6.04. The number of hydrogen-bond acceptors (Lipinski definition) is 6. The number of halogens is 1. The van der Waals surface area contributed by atoms with Crippen LogP contribution < -0.4 is 20.1 Å². The summed E-state index contributed by atoms with van der Waals surface area (Å²) in [6.45, 7) is 4.63. The molecule has 0 bridgehead atoms. The van der Waals surface area contributed by atoms with Gasteiger partial charge in [-0.05, 0) is 32.0 Å². The molecule has 0 aliphatic carbocycles. The molecule has 0 aliphatic heterocycles. The first-order valence-corrected chi connectivity index (χ1v) is 8.47. The van der Waals surface area contributed by atoms with E-state index in [0.717, 1.165) is 5.69 Å². The molecule has 0 amide bonds. The largest absolute Gasteiger partial charge is 0.493 e. The van der Waals surface area contributed by atoms with Crippen LogP contribution in [-0.2, 0) is 11.3 Å². The lowest BCUT2D eigenvalue weighted by Gasteiger charge is -2.13. The molecule has 0 unspecified atom stereocenters. The van der Waals surface area contributed by atoms with Crippen molar-refractivity contribution >= 4 is 41.6 Å². The van der Waals surface area contributed by atoms with Gasteiger partial charge in [0.15, 0.2) is 17.5 Å². The SMILES string of the molecule is CCNC(=NCc1cc(C(=O)OC)c(C)o1)Nc1ccc(OC)c(OC)c1.I. The number of esters is 1. The lowest BCUT2D eigenvalue weighted by atomic mass is 10.2. The Morgan fingerprint density at radius 2 is 1.86 bits per heavy atom. The van der Waals surface area contributed by atoms with E-state index >= 15 is 0 Å². The molecule has 0 saturated carbocycles. The molecule has 1 aromatic carbocycles. The number of hydrogen-bond donors (Lipinski definition) is 2. The molecule has 28 heavy (non-hydrogen) atoms. The second-order valence-electron chi connectivity index (χ2n) is 5.56. The van der Waals surface area contributed by atoms with Crippen LogP contribution in [0.2, 0.25) is 0 Å². The van der Waals surface area contributed by atoms with Crippen LogP contribution in [0, 0.1) is 6.92 Å². The number of carbonyl (C=O) groups excluding carboxylic acids is 1. The van der Waals surface area contributed by atoms with E-state index in [-0.39, 0.29) is 30.5 Å². The Balaban J connectivity index is 0.00000392. The van der Waals surface area contributed by atoms with Gasteiger partial charge in [0, 0.05) is 18.3 Å². The molecule has 0 spiro atoms. The van der Waals surface area contributed by atoms with Gasteiger partial charge in [-0.15, -0.1) is 24.0 Å². The average molecular weight is 503 g/mol. The Morgan fingerprint density at radius 3 is 2.46 bits per heavy atom. The van der Waals surface area contributed by atoms with E-state index in [1.807, 2.05) is 25.1 Å². The van der Waals surface area contributed by atoms with Crippen molar-refractivity contribution in [2.24, 2.45) is 4.99 Å². The lowest BCUT2D eigenvalue weighted by Crippen LogP contribution is -2.30. The maximum atomic E-state index is 11.7. The molecule has 0 atom stereocenters. The maximum absolute atomic E-state index is 11.7. The number of anilines is 1. The molecule has 1 heterocycles. The zero-order chi connectivity index (χ0) is 19.8. The predicted octanol–water partition coefficient (Wildman–Crippen LogP) is 3.59. The summed E-state index contributed by atoms with van der Waals surface area (Å²) in [6.07, 6.45) is 0. The number of aryl methyl sites for hydroxylation is 1. The Kier molecular flexibility index (Phi) is 9.63. The number of methoxy groups -OCH3 is 3. The van der Waals surface area contributed by atoms with E-state index < -0.39 is 5.97 Å². The highest BCUT2D eigenvalue weighted by atomic mass is 127. The summed E-state index contributed by atoms with van der Waals surface area (Å²) < 4.78 is 20.9. The zero-order valence-electron chi connectivity index (χ0n) is 16.6. The topological polar surface area (TPSA) is 94.3 Å². The highest BCUT2D eigenvalue weighted by molar-refractivity contribution is 14.0. The molecule has 0 saturated heterocycles. The van der Waals surface area contributed by atoms with Gasteiger partial charge in [-0.1, -0.05) is 0 Å². The second kappa shape index (κ2) is 11.4. The highest BCUT2D eigenvalue weighted by Crippen LogP contribution is 2.29. The second-order valence-corrected chi connectivity index (χ2v) is 5.56. The molecule has 0 aliphatic rings. The van der Waals surface area contributed by atoms with E-state index in [1.54, 1.807) is 27.2 Å². The Morgan fingerprint density at radius 1 is 1.14 bits per heavy atom. The van der Waals surface area contributed by atoms with E-state index in [4.69, 9.17) is 18.6 Å². The number of carbonyl (C=O) groups is 1. The molecule has 154 valence electrons. The number of nitrogens with zero attached hydrogens (tertiary/aromatic N) is 1. The summed E-state index contributed by atoms with van der Waals surface area (Å²) in [6, 6.07) is 7.13. The third-order valence-electron chi connectivity index (χ3n) is 3.76. The van der Waals surface area contributed by atoms with Crippen LogP contribution in [0.1, 0.15) is 28.8 Å². The van der Waals surface area contributed by atoms with Gasteiger partial charge in [-0.2, -0.15) is 0 Å². The Bertz CT molecular complexity index is 820. The van der Waals surface area contributed by atoms with Crippen molar-refractivity contribution in [2.45, 2.75) is 20.4 Å². The van der Waals surface area contributed by atoms with Crippen molar-refractivity contribution in [3.8, 4) is 11.5 Å². The van der Waals surface area contributed by atoms with Crippen molar-refractivity contribution in [3.63, 3.8) is 0 Å². The van der Waals surface area contributed by atoms with Crippen molar-refractivity contribution in [1.82, 2.24) is 5.32 Å². The minimum Gasteiger partial charge on any atom is -0.493 e. The molecule has 2 aromatic rings. The van der Waals surface area contributed by atoms with Crippen LogP contribution in [0.3, 0.4) is 0 Å². The van der Waals surface area contributed by atoms with Crippen LogP contribution in [0.4, 0.5) is 5.69 Å². The highest BCUT2D eigenvalue weighted by Gasteiger charge is 2.15. The number of guanidine groups is 1. The van der Waals surface area contributed by atoms with Gasteiger partial charge in [0.05, 0.1) is 21.3 Å². The molecule has 9 heteroatoms. The maximum Gasteiger partial charge on any atom is 0.341 e. The van der Waals surface area contributed by atoms with E-state index in [1.165, 1.54) is 7.11 Å². The van der Waals surface area contributed by atoms with Gasteiger partial charge in [0.1, 0.15) is 23.6 Å². The molecule has 1 aromatic heterocycles. The predicted molar refractivity (Wildman–Crippen MR) is 118 cm³/mol. The first kappa shape index (κ1) is 23.6. The van der Waals surface area contributed by atoms with Gasteiger partial charge >= 0.3 is 5.97 Å². The quantitative estimate of drug-likeness (QED) is 0.258. The normalized spacial score (nSPS) is 10.7. The number of aliphatic imine (C=N–C) groups is 1. The van der Waals surface area contributed by atoms with Gasteiger partial charge in [-0.3, -0.25) is 0 Å².